The van der Waals surface area contributed by atoms with Crippen molar-refractivity contribution in [2.45, 2.75) is 39.0 Å². The fraction of sp³-hybridized carbons (Fsp3) is 0.700. The van der Waals surface area contributed by atoms with E-state index >= 15 is 0 Å². The van der Waals surface area contributed by atoms with Crippen LogP contribution in [0.25, 0.3) is 0 Å². The van der Waals surface area contributed by atoms with Crippen LogP contribution in [0.5, 0.6) is 0 Å². The molecule has 15 heavy (non-hydrogen) atoms. The second-order valence-electron chi connectivity index (χ2n) is 3.49. The van der Waals surface area contributed by atoms with Gasteiger partial charge in [-0.15, -0.1) is 0 Å². The van der Waals surface area contributed by atoms with Crippen LogP contribution in [0, 0.1) is 0 Å². The Hall–Kier alpha value is -0.580. The summed E-state index contributed by atoms with van der Waals surface area (Å²) in [6.07, 6.45) is 1.46. The zero-order valence-corrected chi connectivity index (χ0v) is 10.0. The van der Waals surface area contributed by atoms with E-state index in [2.05, 4.69) is 5.10 Å². The molecule has 0 bridgehead atoms. The van der Waals surface area contributed by atoms with Crippen molar-refractivity contribution in [1.82, 2.24) is 9.78 Å². The summed E-state index contributed by atoms with van der Waals surface area (Å²) in [5.74, 6) is 0. The number of aromatic nitrogens is 2. The maximum atomic E-state index is 10.00. The van der Waals surface area contributed by atoms with Crippen molar-refractivity contribution in [1.29, 1.82) is 0 Å². The molecular formula is C10H17ClN2O2. The molecule has 2 unspecified atom stereocenters. The number of rotatable bonds is 5. The molecule has 0 saturated carbocycles. The molecule has 0 fully saturated rings. The van der Waals surface area contributed by atoms with Crippen LogP contribution in [0.15, 0.2) is 6.20 Å². The topological polar surface area (TPSA) is 47.3 Å². The van der Waals surface area contributed by atoms with Gasteiger partial charge in [-0.05, 0) is 13.3 Å². The first kappa shape index (κ1) is 12.5. The summed E-state index contributed by atoms with van der Waals surface area (Å²) >= 11 is 5.98. The lowest BCUT2D eigenvalue weighted by atomic mass is 10.1. The van der Waals surface area contributed by atoms with E-state index in [1.165, 1.54) is 0 Å². The predicted octanol–water partition coefficient (Wildman–Crippen LogP) is 2.01. The molecule has 1 N–H and O–H groups in total. The zero-order chi connectivity index (χ0) is 11.4. The average Bonchev–Trinajstić information content (AvgIpc) is 2.58. The number of hydrogen-bond donors (Lipinski definition) is 1. The molecule has 0 aliphatic heterocycles. The average molecular weight is 233 g/mol. The van der Waals surface area contributed by atoms with Gasteiger partial charge in [0.2, 0.25) is 0 Å². The summed E-state index contributed by atoms with van der Waals surface area (Å²) in [5.41, 5.74) is 0.632. The van der Waals surface area contributed by atoms with Crippen molar-refractivity contribution in [2.75, 3.05) is 7.11 Å². The van der Waals surface area contributed by atoms with Crippen LogP contribution >= 0.6 is 11.6 Å². The van der Waals surface area contributed by atoms with Crippen LogP contribution < -0.4 is 0 Å². The van der Waals surface area contributed by atoms with Crippen molar-refractivity contribution in [3.63, 3.8) is 0 Å². The molecule has 1 rings (SSSR count). The van der Waals surface area contributed by atoms with Crippen LogP contribution in [-0.2, 0) is 11.3 Å². The molecular weight excluding hydrogens is 216 g/mol. The van der Waals surface area contributed by atoms with Gasteiger partial charge < -0.3 is 9.84 Å². The molecule has 1 aromatic heterocycles. The summed E-state index contributed by atoms with van der Waals surface area (Å²) in [4.78, 5) is 0. The number of nitrogens with zero attached hydrogens (tertiary/aromatic N) is 2. The molecule has 1 heterocycles. The van der Waals surface area contributed by atoms with Crippen molar-refractivity contribution in [3.05, 3.63) is 16.9 Å². The first-order valence-electron chi connectivity index (χ1n) is 5.03. The highest BCUT2D eigenvalue weighted by Crippen LogP contribution is 2.26. The molecule has 0 saturated heterocycles. The Morgan fingerprint density at radius 3 is 2.87 bits per heavy atom. The molecule has 0 aromatic carbocycles. The maximum Gasteiger partial charge on any atom is 0.123 e. The quantitative estimate of drug-likeness (QED) is 0.845. The maximum absolute atomic E-state index is 10.00. The smallest absolute Gasteiger partial charge is 0.123 e. The standard InChI is InChI=1S/C10H17ClN2O2/c1-4-5-13-9(8(11)6-12-13)10(14)7(2)15-3/h6-7,10,14H,4-5H2,1-3H3. The van der Waals surface area contributed by atoms with E-state index in [0.29, 0.717) is 10.7 Å². The van der Waals surface area contributed by atoms with E-state index in [-0.39, 0.29) is 6.10 Å². The number of aryl methyl sites for hydroxylation is 1. The fourth-order valence-corrected chi connectivity index (χ4v) is 1.66. The number of methoxy groups -OCH3 is 1. The second kappa shape index (κ2) is 5.49. The first-order chi connectivity index (χ1) is 7.11. The Morgan fingerprint density at radius 2 is 2.33 bits per heavy atom. The van der Waals surface area contributed by atoms with Gasteiger partial charge in [-0.25, -0.2) is 0 Å². The van der Waals surface area contributed by atoms with Crippen LogP contribution in [0.2, 0.25) is 5.02 Å². The normalized spacial score (nSPS) is 15.3. The van der Waals surface area contributed by atoms with E-state index in [4.69, 9.17) is 16.3 Å². The molecule has 86 valence electrons. The van der Waals surface area contributed by atoms with Crippen LogP contribution in [0.1, 0.15) is 32.1 Å². The van der Waals surface area contributed by atoms with Gasteiger partial charge >= 0.3 is 0 Å². The Kier molecular flexibility index (Phi) is 4.57. The van der Waals surface area contributed by atoms with Gasteiger partial charge in [0.1, 0.15) is 6.10 Å². The van der Waals surface area contributed by atoms with Gasteiger partial charge in [-0.3, -0.25) is 4.68 Å². The lowest BCUT2D eigenvalue weighted by Gasteiger charge is -2.19. The molecule has 0 aliphatic carbocycles. The van der Waals surface area contributed by atoms with Crippen LogP contribution in [0.4, 0.5) is 0 Å². The van der Waals surface area contributed by atoms with E-state index < -0.39 is 6.10 Å². The lowest BCUT2D eigenvalue weighted by Crippen LogP contribution is -2.21. The largest absolute Gasteiger partial charge is 0.384 e. The number of halogens is 1. The van der Waals surface area contributed by atoms with Gasteiger partial charge in [0.05, 0.1) is 23.0 Å². The Bertz CT molecular complexity index is 314. The third kappa shape index (κ3) is 2.71. The Labute approximate surface area is 94.8 Å². The molecule has 0 spiro atoms. The number of aliphatic hydroxyl groups is 1. The van der Waals surface area contributed by atoms with Gasteiger partial charge in [0, 0.05) is 13.7 Å². The SMILES string of the molecule is CCCn1ncc(Cl)c1C(O)C(C)OC. The van der Waals surface area contributed by atoms with E-state index in [9.17, 15) is 5.11 Å². The number of hydrogen-bond acceptors (Lipinski definition) is 3. The first-order valence-corrected chi connectivity index (χ1v) is 5.41. The Balaban J connectivity index is 2.94. The zero-order valence-electron chi connectivity index (χ0n) is 9.27. The number of ether oxygens (including phenoxy) is 1. The van der Waals surface area contributed by atoms with Crippen molar-refractivity contribution in [3.8, 4) is 0 Å². The third-order valence-corrected chi connectivity index (χ3v) is 2.66. The van der Waals surface area contributed by atoms with Crippen molar-refractivity contribution < 1.29 is 9.84 Å². The highest BCUT2D eigenvalue weighted by Gasteiger charge is 2.23. The number of aliphatic hydroxyl groups excluding tert-OH is 1. The van der Waals surface area contributed by atoms with E-state index in [1.807, 2.05) is 6.92 Å². The highest BCUT2D eigenvalue weighted by molar-refractivity contribution is 6.31. The van der Waals surface area contributed by atoms with Crippen molar-refractivity contribution in [2.24, 2.45) is 0 Å². The van der Waals surface area contributed by atoms with Gasteiger partial charge in [0.25, 0.3) is 0 Å². The minimum Gasteiger partial charge on any atom is -0.384 e. The molecule has 5 heteroatoms. The monoisotopic (exact) mass is 232 g/mol. The third-order valence-electron chi connectivity index (χ3n) is 2.37. The van der Waals surface area contributed by atoms with E-state index in [0.717, 1.165) is 13.0 Å². The summed E-state index contributed by atoms with van der Waals surface area (Å²) < 4.78 is 6.80. The van der Waals surface area contributed by atoms with E-state index in [1.54, 1.807) is 24.9 Å². The molecule has 0 amide bonds. The molecule has 4 nitrogen and oxygen atoms in total. The van der Waals surface area contributed by atoms with Crippen molar-refractivity contribution >= 4 is 11.6 Å². The van der Waals surface area contributed by atoms with Crippen LogP contribution in [-0.4, -0.2) is 28.1 Å². The molecule has 1 aromatic rings. The van der Waals surface area contributed by atoms with Gasteiger partial charge in [-0.1, -0.05) is 18.5 Å². The molecule has 0 aliphatic rings. The lowest BCUT2D eigenvalue weighted by molar-refractivity contribution is -0.00588. The summed E-state index contributed by atoms with van der Waals surface area (Å²) in [7, 11) is 1.56. The predicted molar refractivity (Wildman–Crippen MR) is 59.0 cm³/mol. The fourth-order valence-electron chi connectivity index (χ4n) is 1.41. The summed E-state index contributed by atoms with van der Waals surface area (Å²) in [5, 5.41) is 14.6. The molecule has 2 atom stereocenters. The summed E-state index contributed by atoms with van der Waals surface area (Å²) in [6.45, 7) is 4.59. The van der Waals surface area contributed by atoms with Gasteiger partial charge in [0.15, 0.2) is 0 Å². The Morgan fingerprint density at radius 1 is 1.67 bits per heavy atom. The summed E-state index contributed by atoms with van der Waals surface area (Å²) in [6, 6.07) is 0. The second-order valence-corrected chi connectivity index (χ2v) is 3.89. The molecule has 0 radical (unpaired) electrons. The van der Waals surface area contributed by atoms with Gasteiger partial charge in [-0.2, -0.15) is 5.10 Å². The highest BCUT2D eigenvalue weighted by atomic mass is 35.5. The van der Waals surface area contributed by atoms with Crippen LogP contribution in [0.3, 0.4) is 0 Å². The minimum atomic E-state index is -0.739. The minimum absolute atomic E-state index is 0.296.